The molecule has 0 saturated heterocycles. The Labute approximate surface area is 126 Å². The lowest BCUT2D eigenvalue weighted by atomic mass is 10.0. The quantitative estimate of drug-likeness (QED) is 0.785. The summed E-state index contributed by atoms with van der Waals surface area (Å²) in [5, 5.41) is 2.91. The average molecular weight is 292 g/mol. The maximum Gasteiger partial charge on any atom is 0.339 e. The van der Waals surface area contributed by atoms with E-state index >= 15 is 0 Å². The van der Waals surface area contributed by atoms with Gasteiger partial charge in [0.1, 0.15) is 5.69 Å². The lowest BCUT2D eigenvalue weighted by Gasteiger charge is -2.14. The molecule has 1 heterocycles. The third kappa shape index (κ3) is 5.94. The second-order valence-corrected chi connectivity index (χ2v) is 5.62. The highest BCUT2D eigenvalue weighted by atomic mass is 16.5. The van der Waals surface area contributed by atoms with Gasteiger partial charge in [0.25, 0.3) is 5.91 Å². The van der Waals surface area contributed by atoms with Gasteiger partial charge in [-0.05, 0) is 31.4 Å². The second kappa shape index (κ2) is 8.39. The van der Waals surface area contributed by atoms with Crippen LogP contribution in [0.4, 0.5) is 0 Å². The number of pyridine rings is 1. The largest absolute Gasteiger partial charge is 0.465 e. The number of hydrogen-bond acceptors (Lipinski definition) is 4. The van der Waals surface area contributed by atoms with Crippen LogP contribution in [0.3, 0.4) is 0 Å². The number of esters is 1. The van der Waals surface area contributed by atoms with E-state index in [1.54, 1.807) is 0 Å². The molecule has 0 aliphatic heterocycles. The Balaban J connectivity index is 2.49. The van der Waals surface area contributed by atoms with Crippen LogP contribution < -0.4 is 5.32 Å². The molecule has 0 aliphatic carbocycles. The van der Waals surface area contributed by atoms with Gasteiger partial charge in [-0.3, -0.25) is 9.78 Å². The molecule has 0 saturated carbocycles. The first-order chi connectivity index (χ1) is 9.93. The number of methoxy groups -OCH3 is 1. The second-order valence-electron chi connectivity index (χ2n) is 5.62. The molecule has 0 aliphatic rings. The zero-order chi connectivity index (χ0) is 15.8. The highest BCUT2D eigenvalue weighted by molar-refractivity contribution is 5.94. The number of nitrogens with one attached hydrogen (secondary N) is 1. The highest BCUT2D eigenvalue weighted by Gasteiger charge is 2.12. The van der Waals surface area contributed by atoms with E-state index in [1.807, 2.05) is 6.92 Å². The van der Waals surface area contributed by atoms with Gasteiger partial charge >= 0.3 is 5.97 Å². The third-order valence-electron chi connectivity index (χ3n) is 3.21. The SMILES string of the molecule is COC(=O)c1ccc(C(=O)NC(C)CCCC(C)C)nc1. The van der Waals surface area contributed by atoms with Crippen LogP contribution in [-0.4, -0.2) is 30.0 Å². The van der Waals surface area contributed by atoms with Crippen molar-refractivity contribution < 1.29 is 14.3 Å². The van der Waals surface area contributed by atoms with Gasteiger partial charge in [0.2, 0.25) is 0 Å². The Kier molecular flexibility index (Phi) is 6.85. The van der Waals surface area contributed by atoms with Crippen LogP contribution in [0.25, 0.3) is 0 Å². The zero-order valence-electron chi connectivity index (χ0n) is 13.2. The van der Waals surface area contributed by atoms with Crippen molar-refractivity contribution >= 4 is 11.9 Å². The molecular weight excluding hydrogens is 268 g/mol. The van der Waals surface area contributed by atoms with Crippen LogP contribution in [0.1, 0.15) is 60.9 Å². The number of carbonyl (C=O) groups is 2. The number of nitrogens with zero attached hydrogens (tertiary/aromatic N) is 1. The minimum absolute atomic E-state index is 0.110. The van der Waals surface area contributed by atoms with Crippen molar-refractivity contribution in [2.75, 3.05) is 7.11 Å². The zero-order valence-corrected chi connectivity index (χ0v) is 13.2. The Hall–Kier alpha value is -1.91. The number of ether oxygens (including phenoxy) is 1. The molecule has 5 heteroatoms. The van der Waals surface area contributed by atoms with E-state index in [9.17, 15) is 9.59 Å². The molecule has 0 spiro atoms. The fourth-order valence-corrected chi connectivity index (χ4v) is 1.97. The Morgan fingerprint density at radius 3 is 2.48 bits per heavy atom. The lowest BCUT2D eigenvalue weighted by molar-refractivity contribution is 0.0599. The number of rotatable bonds is 7. The molecule has 1 unspecified atom stereocenters. The first kappa shape index (κ1) is 17.1. The minimum Gasteiger partial charge on any atom is -0.465 e. The fraction of sp³-hybridized carbons (Fsp3) is 0.562. The molecule has 116 valence electrons. The molecule has 0 aromatic carbocycles. The van der Waals surface area contributed by atoms with Gasteiger partial charge in [-0.1, -0.05) is 26.7 Å². The van der Waals surface area contributed by atoms with Crippen molar-refractivity contribution in [2.45, 2.75) is 46.1 Å². The summed E-state index contributed by atoms with van der Waals surface area (Å²) in [7, 11) is 1.31. The summed E-state index contributed by atoms with van der Waals surface area (Å²) in [4.78, 5) is 27.3. The van der Waals surface area contributed by atoms with Crippen molar-refractivity contribution in [1.29, 1.82) is 0 Å². The number of aromatic nitrogens is 1. The van der Waals surface area contributed by atoms with Gasteiger partial charge in [0, 0.05) is 12.2 Å². The van der Waals surface area contributed by atoms with Crippen LogP contribution in [0.5, 0.6) is 0 Å². The van der Waals surface area contributed by atoms with Crippen LogP contribution in [0.2, 0.25) is 0 Å². The predicted molar refractivity (Wildman–Crippen MR) is 81.2 cm³/mol. The first-order valence-electron chi connectivity index (χ1n) is 7.29. The molecular formula is C16H24N2O3. The molecule has 1 aromatic heterocycles. The van der Waals surface area contributed by atoms with Gasteiger partial charge in [-0.15, -0.1) is 0 Å². The molecule has 0 fully saturated rings. The van der Waals surface area contributed by atoms with Gasteiger partial charge in [0.15, 0.2) is 0 Å². The Bertz CT molecular complexity index is 469. The molecule has 1 atom stereocenters. The van der Waals surface area contributed by atoms with E-state index < -0.39 is 5.97 Å². The molecule has 5 nitrogen and oxygen atoms in total. The van der Waals surface area contributed by atoms with Crippen LogP contribution in [0.15, 0.2) is 18.3 Å². The smallest absolute Gasteiger partial charge is 0.339 e. The van der Waals surface area contributed by atoms with Crippen molar-refractivity contribution in [3.8, 4) is 0 Å². The molecule has 1 N–H and O–H groups in total. The van der Waals surface area contributed by atoms with Gasteiger partial charge < -0.3 is 10.1 Å². The van der Waals surface area contributed by atoms with E-state index in [0.717, 1.165) is 19.3 Å². The van der Waals surface area contributed by atoms with E-state index in [-0.39, 0.29) is 11.9 Å². The number of hydrogen-bond donors (Lipinski definition) is 1. The van der Waals surface area contributed by atoms with Crippen molar-refractivity contribution in [3.63, 3.8) is 0 Å². The Morgan fingerprint density at radius 2 is 1.95 bits per heavy atom. The summed E-state index contributed by atoms with van der Waals surface area (Å²) >= 11 is 0. The summed E-state index contributed by atoms with van der Waals surface area (Å²) in [6, 6.07) is 3.18. The van der Waals surface area contributed by atoms with E-state index in [4.69, 9.17) is 0 Å². The van der Waals surface area contributed by atoms with Crippen molar-refractivity contribution in [1.82, 2.24) is 10.3 Å². The number of amides is 1. The molecule has 0 radical (unpaired) electrons. The summed E-state index contributed by atoms with van der Waals surface area (Å²) < 4.78 is 4.59. The molecule has 21 heavy (non-hydrogen) atoms. The van der Waals surface area contributed by atoms with Gasteiger partial charge in [0.05, 0.1) is 12.7 Å². The van der Waals surface area contributed by atoms with Crippen molar-refractivity contribution in [2.24, 2.45) is 5.92 Å². The third-order valence-corrected chi connectivity index (χ3v) is 3.21. The summed E-state index contributed by atoms with van der Waals surface area (Å²) in [6.07, 6.45) is 4.55. The first-order valence-corrected chi connectivity index (χ1v) is 7.29. The maximum absolute atomic E-state index is 12.0. The van der Waals surface area contributed by atoms with E-state index in [0.29, 0.717) is 17.2 Å². The monoisotopic (exact) mass is 292 g/mol. The maximum atomic E-state index is 12.0. The summed E-state index contributed by atoms with van der Waals surface area (Å²) in [5.74, 6) is 0.000378. The van der Waals surface area contributed by atoms with Crippen molar-refractivity contribution in [3.05, 3.63) is 29.6 Å². The van der Waals surface area contributed by atoms with Crippen LogP contribution in [0, 0.1) is 5.92 Å². The molecule has 1 rings (SSSR count). The summed E-state index contributed by atoms with van der Waals surface area (Å²) in [6.45, 7) is 6.37. The minimum atomic E-state index is -0.462. The predicted octanol–water partition coefficient (Wildman–Crippen LogP) is 2.81. The fourth-order valence-electron chi connectivity index (χ4n) is 1.97. The lowest BCUT2D eigenvalue weighted by Crippen LogP contribution is -2.33. The average Bonchev–Trinajstić information content (AvgIpc) is 2.46. The van der Waals surface area contributed by atoms with Crippen LogP contribution in [-0.2, 0) is 4.74 Å². The molecule has 1 amide bonds. The standard InChI is InChI=1S/C16H24N2O3/c1-11(2)6-5-7-12(3)18-15(19)14-9-8-13(10-17-14)16(20)21-4/h8-12H,5-7H2,1-4H3,(H,18,19). The van der Waals surface area contributed by atoms with E-state index in [1.165, 1.54) is 25.4 Å². The molecule has 1 aromatic rings. The van der Waals surface area contributed by atoms with Gasteiger partial charge in [-0.2, -0.15) is 0 Å². The van der Waals surface area contributed by atoms with Crippen LogP contribution >= 0.6 is 0 Å². The highest BCUT2D eigenvalue weighted by Crippen LogP contribution is 2.09. The molecule has 0 bridgehead atoms. The Morgan fingerprint density at radius 1 is 1.24 bits per heavy atom. The van der Waals surface area contributed by atoms with E-state index in [2.05, 4.69) is 28.9 Å². The normalized spacial score (nSPS) is 12.0. The van der Waals surface area contributed by atoms with Gasteiger partial charge in [-0.25, -0.2) is 4.79 Å². The number of carbonyl (C=O) groups excluding carboxylic acids is 2. The summed E-state index contributed by atoms with van der Waals surface area (Å²) in [5.41, 5.74) is 0.636. The topological polar surface area (TPSA) is 68.3 Å².